The van der Waals surface area contributed by atoms with E-state index in [1.807, 2.05) is 25.1 Å². The molecule has 3 N–H and O–H groups in total. The van der Waals surface area contributed by atoms with Crippen molar-refractivity contribution in [1.29, 1.82) is 0 Å². The first-order valence-corrected chi connectivity index (χ1v) is 9.13. The molecule has 0 saturated heterocycles. The number of nitrogens with zero attached hydrogens (tertiary/aromatic N) is 3. The topological polar surface area (TPSA) is 110 Å². The zero-order valence-corrected chi connectivity index (χ0v) is 15.8. The fourth-order valence-corrected chi connectivity index (χ4v) is 2.80. The van der Waals surface area contributed by atoms with Gasteiger partial charge in [-0.2, -0.15) is 0 Å². The van der Waals surface area contributed by atoms with Gasteiger partial charge in [0.25, 0.3) is 5.91 Å². The Hall–Kier alpha value is -3.88. The Morgan fingerprint density at radius 2 is 1.86 bits per heavy atom. The molecular weight excluding hydrogens is 372 g/mol. The standard InChI is InChI=1S/C20H20N6O3/c1-13-24-18(11-19(25-13)26-17-4-2-3-7-21-17)22-8-9-23-20(27)14-5-6-15-16(10-14)29-12-28-15/h2-7,10-11H,8-9,12H2,1H3,(H,23,27)(H2,21,22,24,25,26). The summed E-state index contributed by atoms with van der Waals surface area (Å²) in [6, 6.07) is 12.5. The minimum absolute atomic E-state index is 0.179. The highest BCUT2D eigenvalue weighted by Crippen LogP contribution is 2.32. The smallest absolute Gasteiger partial charge is 0.251 e. The van der Waals surface area contributed by atoms with Gasteiger partial charge in [-0.1, -0.05) is 6.07 Å². The molecule has 0 bridgehead atoms. The van der Waals surface area contributed by atoms with E-state index in [0.717, 1.165) is 0 Å². The van der Waals surface area contributed by atoms with E-state index in [4.69, 9.17) is 9.47 Å². The van der Waals surface area contributed by atoms with Gasteiger partial charge >= 0.3 is 0 Å². The van der Waals surface area contributed by atoms with E-state index in [-0.39, 0.29) is 12.7 Å². The van der Waals surface area contributed by atoms with Gasteiger partial charge in [0.2, 0.25) is 6.79 Å². The van der Waals surface area contributed by atoms with Crippen molar-refractivity contribution in [2.75, 3.05) is 30.5 Å². The minimum atomic E-state index is -0.179. The van der Waals surface area contributed by atoms with Crippen LogP contribution in [-0.4, -0.2) is 40.7 Å². The number of aromatic nitrogens is 3. The second kappa shape index (κ2) is 8.42. The van der Waals surface area contributed by atoms with Crippen molar-refractivity contribution in [3.05, 3.63) is 60.0 Å². The molecule has 4 rings (SSSR count). The molecular formula is C20H20N6O3. The van der Waals surface area contributed by atoms with Crippen molar-refractivity contribution >= 4 is 23.4 Å². The number of aryl methyl sites for hydroxylation is 1. The number of pyridine rings is 1. The van der Waals surface area contributed by atoms with E-state index >= 15 is 0 Å². The zero-order chi connectivity index (χ0) is 20.1. The van der Waals surface area contributed by atoms with Crippen molar-refractivity contribution in [2.24, 2.45) is 0 Å². The molecule has 9 nitrogen and oxygen atoms in total. The highest BCUT2D eigenvalue weighted by Gasteiger charge is 2.15. The number of nitrogens with one attached hydrogen (secondary N) is 3. The predicted octanol–water partition coefficient (Wildman–Crippen LogP) is 2.49. The van der Waals surface area contributed by atoms with Crippen molar-refractivity contribution in [1.82, 2.24) is 20.3 Å². The fourth-order valence-electron chi connectivity index (χ4n) is 2.80. The Bertz CT molecular complexity index is 1010. The van der Waals surface area contributed by atoms with E-state index in [2.05, 4.69) is 30.9 Å². The number of carbonyl (C=O) groups is 1. The quantitative estimate of drug-likeness (QED) is 0.526. The molecule has 0 radical (unpaired) electrons. The lowest BCUT2D eigenvalue weighted by molar-refractivity contribution is 0.0954. The van der Waals surface area contributed by atoms with E-state index < -0.39 is 0 Å². The molecule has 148 valence electrons. The van der Waals surface area contributed by atoms with E-state index in [1.54, 1.807) is 30.5 Å². The number of hydrogen-bond acceptors (Lipinski definition) is 8. The van der Waals surface area contributed by atoms with Crippen LogP contribution >= 0.6 is 0 Å². The van der Waals surface area contributed by atoms with Crippen LogP contribution in [0.25, 0.3) is 0 Å². The zero-order valence-electron chi connectivity index (χ0n) is 15.8. The van der Waals surface area contributed by atoms with Gasteiger partial charge < -0.3 is 25.4 Å². The van der Waals surface area contributed by atoms with Crippen LogP contribution in [0.2, 0.25) is 0 Å². The summed E-state index contributed by atoms with van der Waals surface area (Å²) < 4.78 is 10.6. The maximum absolute atomic E-state index is 12.3. The Morgan fingerprint density at radius 3 is 2.72 bits per heavy atom. The number of rotatable bonds is 7. The maximum Gasteiger partial charge on any atom is 0.251 e. The third-order valence-electron chi connectivity index (χ3n) is 4.11. The molecule has 3 heterocycles. The summed E-state index contributed by atoms with van der Waals surface area (Å²) in [6.07, 6.45) is 1.71. The molecule has 0 fully saturated rings. The Kier molecular flexibility index (Phi) is 5.37. The van der Waals surface area contributed by atoms with Gasteiger partial charge in [0.1, 0.15) is 23.3 Å². The number of carbonyl (C=O) groups excluding carboxylic acids is 1. The molecule has 9 heteroatoms. The van der Waals surface area contributed by atoms with Gasteiger partial charge in [-0.3, -0.25) is 4.79 Å². The predicted molar refractivity (Wildman–Crippen MR) is 108 cm³/mol. The van der Waals surface area contributed by atoms with Gasteiger partial charge in [0.15, 0.2) is 11.5 Å². The number of anilines is 3. The van der Waals surface area contributed by atoms with Crippen LogP contribution in [0, 0.1) is 6.92 Å². The number of fused-ring (bicyclic) bond motifs is 1. The van der Waals surface area contributed by atoms with E-state index in [1.165, 1.54) is 0 Å². The van der Waals surface area contributed by atoms with Crippen molar-refractivity contribution in [2.45, 2.75) is 6.92 Å². The van der Waals surface area contributed by atoms with Crippen LogP contribution < -0.4 is 25.4 Å². The molecule has 3 aromatic rings. The fraction of sp³-hybridized carbons (Fsp3) is 0.200. The van der Waals surface area contributed by atoms with Crippen LogP contribution in [0.1, 0.15) is 16.2 Å². The molecule has 1 aliphatic rings. The van der Waals surface area contributed by atoms with Gasteiger partial charge in [0, 0.05) is 30.9 Å². The second-order valence-corrected chi connectivity index (χ2v) is 6.28. The second-order valence-electron chi connectivity index (χ2n) is 6.28. The van der Waals surface area contributed by atoms with Gasteiger partial charge in [-0.05, 0) is 37.3 Å². The SMILES string of the molecule is Cc1nc(NCCNC(=O)c2ccc3c(c2)OCO3)cc(Nc2ccccn2)n1. The molecule has 2 aromatic heterocycles. The largest absolute Gasteiger partial charge is 0.454 e. The first-order valence-electron chi connectivity index (χ1n) is 9.13. The molecule has 0 atom stereocenters. The Morgan fingerprint density at radius 1 is 1.00 bits per heavy atom. The minimum Gasteiger partial charge on any atom is -0.454 e. The van der Waals surface area contributed by atoms with Crippen molar-refractivity contribution in [3.8, 4) is 11.5 Å². The van der Waals surface area contributed by atoms with Crippen LogP contribution in [0.5, 0.6) is 11.5 Å². The van der Waals surface area contributed by atoms with Gasteiger partial charge in [-0.15, -0.1) is 0 Å². The molecule has 29 heavy (non-hydrogen) atoms. The highest BCUT2D eigenvalue weighted by atomic mass is 16.7. The van der Waals surface area contributed by atoms with Crippen LogP contribution in [-0.2, 0) is 0 Å². The molecule has 1 amide bonds. The molecule has 1 aliphatic heterocycles. The lowest BCUT2D eigenvalue weighted by Gasteiger charge is -2.10. The highest BCUT2D eigenvalue weighted by molar-refractivity contribution is 5.94. The van der Waals surface area contributed by atoms with Crippen LogP contribution in [0.3, 0.4) is 0 Å². The summed E-state index contributed by atoms with van der Waals surface area (Å²) in [5.74, 6) is 3.68. The normalized spacial score (nSPS) is 11.8. The lowest BCUT2D eigenvalue weighted by Crippen LogP contribution is -2.28. The summed E-state index contributed by atoms with van der Waals surface area (Å²) in [6.45, 7) is 2.94. The molecule has 0 spiro atoms. The number of benzene rings is 1. The average molecular weight is 392 g/mol. The Balaban J connectivity index is 1.29. The number of amides is 1. The van der Waals surface area contributed by atoms with Crippen LogP contribution in [0.15, 0.2) is 48.7 Å². The number of hydrogen-bond donors (Lipinski definition) is 3. The molecule has 1 aromatic carbocycles. The lowest BCUT2D eigenvalue weighted by atomic mass is 10.2. The maximum atomic E-state index is 12.3. The molecule has 0 unspecified atom stereocenters. The van der Waals surface area contributed by atoms with Gasteiger partial charge in [-0.25, -0.2) is 15.0 Å². The Labute approximate surface area is 167 Å². The molecule has 0 saturated carbocycles. The van der Waals surface area contributed by atoms with Crippen LogP contribution in [0.4, 0.5) is 17.5 Å². The molecule has 0 aliphatic carbocycles. The van der Waals surface area contributed by atoms with Gasteiger partial charge in [0.05, 0.1) is 0 Å². The first kappa shape index (κ1) is 18.5. The number of ether oxygens (including phenoxy) is 2. The van der Waals surface area contributed by atoms with Crippen molar-refractivity contribution in [3.63, 3.8) is 0 Å². The summed E-state index contributed by atoms with van der Waals surface area (Å²) >= 11 is 0. The third-order valence-corrected chi connectivity index (χ3v) is 4.11. The first-order chi connectivity index (χ1) is 14.2. The van der Waals surface area contributed by atoms with E-state index in [9.17, 15) is 4.79 Å². The summed E-state index contributed by atoms with van der Waals surface area (Å²) in [5, 5.41) is 9.19. The summed E-state index contributed by atoms with van der Waals surface area (Å²) in [4.78, 5) is 25.2. The summed E-state index contributed by atoms with van der Waals surface area (Å²) in [5.41, 5.74) is 0.522. The third kappa shape index (κ3) is 4.70. The van der Waals surface area contributed by atoms with E-state index in [0.29, 0.717) is 53.4 Å². The van der Waals surface area contributed by atoms with Crippen molar-refractivity contribution < 1.29 is 14.3 Å². The average Bonchev–Trinajstić information content (AvgIpc) is 3.19. The summed E-state index contributed by atoms with van der Waals surface area (Å²) in [7, 11) is 0. The monoisotopic (exact) mass is 392 g/mol.